The number of rotatable bonds is 8. The van der Waals surface area contributed by atoms with Gasteiger partial charge in [0.1, 0.15) is 0 Å². The van der Waals surface area contributed by atoms with Gasteiger partial charge in [0.05, 0.1) is 11.3 Å². The molecular formula is C27H37N3O3S. The van der Waals surface area contributed by atoms with Crippen LogP contribution in [-0.4, -0.2) is 49.2 Å². The fourth-order valence-corrected chi connectivity index (χ4v) is 6.49. The van der Waals surface area contributed by atoms with Crippen molar-refractivity contribution in [2.24, 2.45) is 0 Å². The lowest BCUT2D eigenvalue weighted by atomic mass is 10.0. The summed E-state index contributed by atoms with van der Waals surface area (Å²) in [6.45, 7) is 6.02. The fraction of sp³-hybridized carbons (Fsp3) is 0.519. The van der Waals surface area contributed by atoms with Crippen molar-refractivity contribution < 1.29 is 13.2 Å². The monoisotopic (exact) mass is 483 g/mol. The molecule has 2 aliphatic rings. The molecule has 0 aromatic heterocycles. The third-order valence-corrected chi connectivity index (χ3v) is 9.06. The van der Waals surface area contributed by atoms with E-state index in [0.717, 1.165) is 43.5 Å². The molecule has 7 heteroatoms. The van der Waals surface area contributed by atoms with Crippen LogP contribution in [0.15, 0.2) is 53.4 Å². The van der Waals surface area contributed by atoms with Crippen LogP contribution in [0.5, 0.6) is 0 Å². The van der Waals surface area contributed by atoms with Crippen LogP contribution in [0.1, 0.15) is 62.1 Å². The SMILES string of the molecule is CC1CCCCN1Cc1ccccc1CNC(=O)Cc1ccc(S(=O)(=O)N2CCCCC2)cc1. The van der Waals surface area contributed by atoms with E-state index in [4.69, 9.17) is 0 Å². The molecular weight excluding hydrogens is 446 g/mol. The van der Waals surface area contributed by atoms with Crippen molar-refractivity contribution in [3.8, 4) is 0 Å². The Morgan fingerprint density at radius 1 is 0.912 bits per heavy atom. The van der Waals surface area contributed by atoms with Gasteiger partial charge in [-0.25, -0.2) is 8.42 Å². The minimum Gasteiger partial charge on any atom is -0.352 e. The number of carbonyl (C=O) groups excluding carboxylic acids is 1. The molecule has 1 atom stereocenters. The summed E-state index contributed by atoms with van der Waals surface area (Å²) < 4.78 is 27.2. The Hall–Kier alpha value is -2.22. The first-order chi connectivity index (χ1) is 16.4. The standard InChI is InChI=1S/C27H37N3O3S/c1-22-9-5-8-16-29(22)21-25-11-4-3-10-24(25)20-28-27(31)19-23-12-14-26(15-13-23)34(32,33)30-17-6-2-7-18-30/h3-4,10-15,22H,2,5-9,16-21H2,1H3,(H,28,31). The van der Waals surface area contributed by atoms with Crippen molar-refractivity contribution in [1.29, 1.82) is 0 Å². The lowest BCUT2D eigenvalue weighted by molar-refractivity contribution is -0.120. The Balaban J connectivity index is 1.32. The molecule has 2 fully saturated rings. The number of nitrogens with zero attached hydrogens (tertiary/aromatic N) is 2. The number of hydrogen-bond acceptors (Lipinski definition) is 4. The van der Waals surface area contributed by atoms with E-state index in [1.54, 1.807) is 28.6 Å². The van der Waals surface area contributed by atoms with Crippen molar-refractivity contribution in [2.75, 3.05) is 19.6 Å². The van der Waals surface area contributed by atoms with Crippen molar-refractivity contribution in [3.63, 3.8) is 0 Å². The van der Waals surface area contributed by atoms with Gasteiger partial charge in [-0.15, -0.1) is 0 Å². The number of nitrogens with one attached hydrogen (secondary N) is 1. The lowest BCUT2D eigenvalue weighted by Crippen LogP contribution is -2.37. The molecule has 0 bridgehead atoms. The zero-order chi connectivity index (χ0) is 24.0. The Labute approximate surface area is 204 Å². The van der Waals surface area contributed by atoms with Crippen LogP contribution in [0.2, 0.25) is 0 Å². The molecule has 0 aliphatic carbocycles. The van der Waals surface area contributed by atoms with E-state index in [9.17, 15) is 13.2 Å². The number of piperidine rings is 2. The molecule has 34 heavy (non-hydrogen) atoms. The number of likely N-dealkylation sites (tertiary alicyclic amines) is 1. The normalized spacial score (nSPS) is 20.2. The summed E-state index contributed by atoms with van der Waals surface area (Å²) in [7, 11) is -3.45. The van der Waals surface area contributed by atoms with Crippen molar-refractivity contribution >= 4 is 15.9 Å². The maximum atomic E-state index is 12.8. The summed E-state index contributed by atoms with van der Waals surface area (Å²) in [4.78, 5) is 15.5. The fourth-order valence-electron chi connectivity index (χ4n) is 4.97. The highest BCUT2D eigenvalue weighted by Gasteiger charge is 2.25. The van der Waals surface area contributed by atoms with Gasteiger partial charge in [-0.1, -0.05) is 49.2 Å². The smallest absolute Gasteiger partial charge is 0.243 e. The van der Waals surface area contributed by atoms with E-state index in [1.165, 1.54) is 24.8 Å². The second kappa shape index (κ2) is 11.5. The number of sulfonamides is 1. The molecule has 2 aromatic rings. The Morgan fingerprint density at radius 2 is 1.59 bits per heavy atom. The largest absolute Gasteiger partial charge is 0.352 e. The van der Waals surface area contributed by atoms with Gasteiger partial charge in [-0.3, -0.25) is 9.69 Å². The topological polar surface area (TPSA) is 69.7 Å². The molecule has 4 rings (SSSR count). The molecule has 184 valence electrons. The van der Waals surface area contributed by atoms with Crippen LogP contribution in [0.3, 0.4) is 0 Å². The maximum Gasteiger partial charge on any atom is 0.243 e. The Bertz CT molecular complexity index is 1060. The molecule has 2 aliphatic heterocycles. The first-order valence-corrected chi connectivity index (χ1v) is 14.0. The maximum absolute atomic E-state index is 12.8. The highest BCUT2D eigenvalue weighted by Crippen LogP contribution is 2.22. The molecule has 0 saturated carbocycles. The van der Waals surface area contributed by atoms with Gasteiger partial charge in [0.2, 0.25) is 15.9 Å². The van der Waals surface area contributed by atoms with Gasteiger partial charge in [0.25, 0.3) is 0 Å². The summed E-state index contributed by atoms with van der Waals surface area (Å²) in [5.41, 5.74) is 3.23. The van der Waals surface area contributed by atoms with Crippen LogP contribution in [0.4, 0.5) is 0 Å². The molecule has 2 heterocycles. The molecule has 2 aromatic carbocycles. The number of hydrogen-bond donors (Lipinski definition) is 1. The summed E-state index contributed by atoms with van der Waals surface area (Å²) in [6.07, 6.45) is 6.95. The molecule has 2 saturated heterocycles. The quantitative estimate of drug-likeness (QED) is 0.614. The molecule has 6 nitrogen and oxygen atoms in total. The molecule has 1 unspecified atom stereocenters. The van der Waals surface area contributed by atoms with Crippen molar-refractivity contribution in [3.05, 3.63) is 65.2 Å². The number of benzene rings is 2. The van der Waals surface area contributed by atoms with E-state index < -0.39 is 10.0 Å². The average Bonchev–Trinajstić information content (AvgIpc) is 2.86. The van der Waals surface area contributed by atoms with E-state index in [2.05, 4.69) is 35.3 Å². The third-order valence-electron chi connectivity index (χ3n) is 7.15. The minimum absolute atomic E-state index is 0.0622. The Morgan fingerprint density at radius 3 is 2.29 bits per heavy atom. The van der Waals surface area contributed by atoms with Gasteiger partial charge in [-0.05, 0) is 68.0 Å². The molecule has 1 amide bonds. The van der Waals surface area contributed by atoms with E-state index >= 15 is 0 Å². The van der Waals surface area contributed by atoms with E-state index in [1.807, 2.05) is 6.07 Å². The third kappa shape index (κ3) is 6.26. The van der Waals surface area contributed by atoms with Gasteiger partial charge < -0.3 is 5.32 Å². The second-order valence-electron chi connectivity index (χ2n) is 9.65. The van der Waals surface area contributed by atoms with Crippen LogP contribution >= 0.6 is 0 Å². The predicted octanol–water partition coefficient (Wildman–Crippen LogP) is 4.09. The lowest BCUT2D eigenvalue weighted by Gasteiger charge is -2.33. The van der Waals surface area contributed by atoms with Crippen LogP contribution < -0.4 is 5.32 Å². The van der Waals surface area contributed by atoms with Gasteiger partial charge >= 0.3 is 0 Å². The summed E-state index contributed by atoms with van der Waals surface area (Å²) >= 11 is 0. The van der Waals surface area contributed by atoms with Crippen molar-refractivity contribution in [2.45, 2.75) is 75.9 Å². The van der Waals surface area contributed by atoms with Crippen LogP contribution in [-0.2, 0) is 34.3 Å². The van der Waals surface area contributed by atoms with Gasteiger partial charge in [0, 0.05) is 32.2 Å². The number of amides is 1. The first-order valence-electron chi connectivity index (χ1n) is 12.6. The molecule has 0 radical (unpaired) electrons. The highest BCUT2D eigenvalue weighted by atomic mass is 32.2. The minimum atomic E-state index is -3.45. The van der Waals surface area contributed by atoms with Gasteiger partial charge in [0.15, 0.2) is 0 Å². The highest BCUT2D eigenvalue weighted by molar-refractivity contribution is 7.89. The zero-order valence-corrected chi connectivity index (χ0v) is 21.0. The van der Waals surface area contributed by atoms with E-state index in [0.29, 0.717) is 30.6 Å². The zero-order valence-electron chi connectivity index (χ0n) is 20.2. The average molecular weight is 484 g/mol. The first kappa shape index (κ1) is 24.9. The van der Waals surface area contributed by atoms with Crippen LogP contribution in [0.25, 0.3) is 0 Å². The summed E-state index contributed by atoms with van der Waals surface area (Å²) in [6, 6.07) is 15.7. The van der Waals surface area contributed by atoms with E-state index in [-0.39, 0.29) is 12.3 Å². The predicted molar refractivity (Wildman–Crippen MR) is 135 cm³/mol. The summed E-state index contributed by atoms with van der Waals surface area (Å²) in [5.74, 6) is -0.0622. The van der Waals surface area contributed by atoms with Crippen LogP contribution in [0, 0.1) is 0 Å². The second-order valence-corrected chi connectivity index (χ2v) is 11.6. The molecule has 0 spiro atoms. The van der Waals surface area contributed by atoms with Gasteiger partial charge in [-0.2, -0.15) is 4.31 Å². The van der Waals surface area contributed by atoms with Crippen molar-refractivity contribution in [1.82, 2.24) is 14.5 Å². The number of carbonyl (C=O) groups is 1. The molecule has 1 N–H and O–H groups in total. The summed E-state index contributed by atoms with van der Waals surface area (Å²) in [5, 5.41) is 3.05. The Kier molecular flexibility index (Phi) is 8.40.